The number of aromatic nitrogens is 1. The van der Waals surface area contributed by atoms with Crippen LogP contribution in [0.15, 0.2) is 22.9 Å². The second-order valence-corrected chi connectivity index (χ2v) is 2.43. The van der Waals surface area contributed by atoms with Gasteiger partial charge in [0.25, 0.3) is 0 Å². The highest BCUT2D eigenvalue weighted by Gasteiger charge is 1.90. The van der Waals surface area contributed by atoms with Crippen LogP contribution < -0.4 is 0 Å². The molecule has 10 heavy (non-hydrogen) atoms. The second-order valence-electron chi connectivity index (χ2n) is 1.62. The predicted molar refractivity (Wildman–Crippen MR) is 45.9 cm³/mol. The van der Waals surface area contributed by atoms with Gasteiger partial charge < -0.3 is 0 Å². The van der Waals surface area contributed by atoms with Gasteiger partial charge in [0.15, 0.2) is 0 Å². The monoisotopic (exact) mass is 206 g/mol. The van der Waals surface area contributed by atoms with Gasteiger partial charge in [-0.3, -0.25) is 0 Å². The van der Waals surface area contributed by atoms with E-state index < -0.39 is 19.6 Å². The van der Waals surface area contributed by atoms with Gasteiger partial charge in [0.2, 0.25) is 0 Å². The minimum Gasteiger partial charge on any atom is -0.249 e. The van der Waals surface area contributed by atoms with E-state index in [9.17, 15) is 0 Å². The summed E-state index contributed by atoms with van der Waals surface area (Å²) in [7, 11) is 0. The zero-order chi connectivity index (χ0) is 13.5. The highest BCUT2D eigenvalue weighted by molar-refractivity contribution is 9.10. The lowest BCUT2D eigenvalue weighted by Crippen LogP contribution is -1.83. The molecule has 0 aliphatic heterocycles. The summed E-state index contributed by atoms with van der Waals surface area (Å²) in [6.07, 6.45) is -4.52. The average Bonchev–Trinajstić information content (AvgIpc) is 2.16. The average molecular weight is 207 g/mol. The summed E-state index contributed by atoms with van der Waals surface area (Å²) in [5.41, 5.74) is -0.109. The molecule has 0 saturated heterocycles. The Labute approximate surface area is 79.4 Å². The fourth-order valence-corrected chi connectivity index (χ4v) is 0.756. The molecule has 1 nitrogen and oxygen atoms in total. The lowest BCUT2D eigenvalue weighted by atomic mass is 10.2. The Morgan fingerprint density at radius 1 is 1.80 bits per heavy atom. The molecular formula is C8H10BrN. The summed E-state index contributed by atoms with van der Waals surface area (Å²) in [6.45, 7) is -3.05. The first-order valence-electron chi connectivity index (χ1n) is 6.12. The first-order valence-corrected chi connectivity index (χ1v) is 3.41. The maximum atomic E-state index is 7.67. The third-order valence-electron chi connectivity index (χ3n) is 0.934. The van der Waals surface area contributed by atoms with E-state index in [1.807, 2.05) is 0 Å². The maximum absolute atomic E-state index is 7.67. The van der Waals surface area contributed by atoms with Crippen LogP contribution in [0.1, 0.15) is 28.4 Å². The van der Waals surface area contributed by atoms with Crippen LogP contribution in [0.4, 0.5) is 0 Å². The highest BCUT2D eigenvalue weighted by Crippen LogP contribution is 2.07. The Hall–Kier alpha value is -0.370. The lowest BCUT2D eigenvalue weighted by Gasteiger charge is -1.95. The molecule has 0 fully saturated rings. The van der Waals surface area contributed by atoms with E-state index in [-0.39, 0.29) is 5.56 Å². The van der Waals surface area contributed by atoms with Crippen LogP contribution in [0.25, 0.3) is 0 Å². The van der Waals surface area contributed by atoms with Crippen molar-refractivity contribution >= 4 is 15.9 Å². The Bertz CT molecular complexity index is 397. The Morgan fingerprint density at radius 2 is 2.70 bits per heavy atom. The van der Waals surface area contributed by atoms with Gasteiger partial charge in [-0.05, 0) is 33.9 Å². The molecule has 1 rings (SSSR count). The van der Waals surface area contributed by atoms with Gasteiger partial charge in [-0.2, -0.15) is 0 Å². The van der Waals surface area contributed by atoms with Crippen molar-refractivity contribution in [3.05, 3.63) is 28.5 Å². The first-order chi connectivity index (χ1) is 7.50. The van der Waals surface area contributed by atoms with Crippen molar-refractivity contribution in [1.29, 1.82) is 0 Å². The van der Waals surface area contributed by atoms with E-state index in [0.29, 0.717) is 4.60 Å². The van der Waals surface area contributed by atoms with Crippen LogP contribution >= 0.6 is 15.9 Å². The van der Waals surface area contributed by atoms with Crippen molar-refractivity contribution in [2.45, 2.75) is 19.6 Å². The van der Waals surface area contributed by atoms with Crippen LogP contribution in [-0.2, 0) is 6.37 Å². The summed E-state index contributed by atoms with van der Waals surface area (Å²) in [4.78, 5) is 3.77. The summed E-state index contributed by atoms with van der Waals surface area (Å²) in [5, 5.41) is 0. The minimum absolute atomic E-state index is 0.109. The van der Waals surface area contributed by atoms with E-state index in [4.69, 9.17) is 9.60 Å². The number of halogens is 1. The fraction of sp³-hybridized carbons (Fsp3) is 0.375. The predicted octanol–water partition coefficient (Wildman–Crippen LogP) is 2.80. The smallest absolute Gasteiger partial charge is 0.106 e. The van der Waals surface area contributed by atoms with Gasteiger partial charge in [0.05, 0.1) is 0 Å². The summed E-state index contributed by atoms with van der Waals surface area (Å²) < 4.78 is 51.9. The molecule has 0 aliphatic carbocycles. The van der Waals surface area contributed by atoms with Gasteiger partial charge in [-0.25, -0.2) is 4.98 Å². The summed E-state index contributed by atoms with van der Waals surface area (Å²) in [6, 6.07) is 2.74. The van der Waals surface area contributed by atoms with Crippen LogP contribution in [0.2, 0.25) is 0 Å². The molecule has 0 atom stereocenters. The van der Waals surface area contributed by atoms with Crippen LogP contribution in [0.3, 0.4) is 0 Å². The maximum Gasteiger partial charge on any atom is 0.106 e. The van der Waals surface area contributed by atoms with Crippen molar-refractivity contribution in [1.82, 2.24) is 4.98 Å². The molecule has 0 spiro atoms. The molecule has 54 valence electrons. The molecule has 0 N–H and O–H groups in total. The second kappa shape index (κ2) is 3.71. The minimum atomic E-state index is -3.05. The van der Waals surface area contributed by atoms with E-state index in [1.165, 1.54) is 12.1 Å². The van der Waals surface area contributed by atoms with Crippen LogP contribution in [0.5, 0.6) is 0 Å². The Kier molecular flexibility index (Phi) is 0.963. The van der Waals surface area contributed by atoms with E-state index in [2.05, 4.69) is 20.9 Å². The van der Waals surface area contributed by atoms with Crippen molar-refractivity contribution in [3.63, 3.8) is 0 Å². The van der Waals surface area contributed by atoms with Crippen molar-refractivity contribution in [2.24, 2.45) is 0 Å². The summed E-state index contributed by atoms with van der Waals surface area (Å²) in [5.74, 6) is 0. The van der Waals surface area contributed by atoms with Gasteiger partial charge in [0.1, 0.15) is 4.60 Å². The molecule has 0 radical (unpaired) electrons. The molecule has 1 heterocycles. The number of nitrogens with zero attached hydrogens (tertiary/aromatic N) is 1. The largest absolute Gasteiger partial charge is 0.249 e. The zero-order valence-corrected chi connectivity index (χ0v) is 6.64. The van der Waals surface area contributed by atoms with E-state index >= 15 is 0 Å². The van der Waals surface area contributed by atoms with Gasteiger partial charge in [-0.1, -0.05) is 19.3 Å². The van der Waals surface area contributed by atoms with Crippen LogP contribution in [-0.4, -0.2) is 4.98 Å². The number of hydrogen-bond acceptors (Lipinski definition) is 1. The molecule has 2 heteroatoms. The molecule has 0 saturated carbocycles. The SMILES string of the molecule is [2H]C([2H])([2H])C([2H])([2H])C([2H])([2H])c1ccc(Br)nc1. The molecule has 0 aliphatic rings. The van der Waals surface area contributed by atoms with E-state index in [1.54, 1.807) is 0 Å². The topological polar surface area (TPSA) is 12.9 Å². The number of aryl methyl sites for hydroxylation is 1. The third kappa shape index (κ3) is 2.10. The highest BCUT2D eigenvalue weighted by atomic mass is 79.9. The quantitative estimate of drug-likeness (QED) is 0.679. The third-order valence-corrected chi connectivity index (χ3v) is 1.40. The molecule has 1 aromatic rings. The van der Waals surface area contributed by atoms with Crippen molar-refractivity contribution in [3.8, 4) is 0 Å². The number of hydrogen-bond donors (Lipinski definition) is 0. The van der Waals surface area contributed by atoms with Crippen molar-refractivity contribution < 1.29 is 9.60 Å². The molecule has 0 aromatic carbocycles. The van der Waals surface area contributed by atoms with Gasteiger partial charge >= 0.3 is 0 Å². The lowest BCUT2D eigenvalue weighted by molar-refractivity contribution is 0.912. The van der Waals surface area contributed by atoms with Crippen molar-refractivity contribution in [2.75, 3.05) is 0 Å². The first kappa shape index (κ1) is 2.59. The molecular weight excluding hydrogens is 190 g/mol. The summed E-state index contributed by atoms with van der Waals surface area (Å²) >= 11 is 3.06. The Morgan fingerprint density at radius 3 is 3.30 bits per heavy atom. The number of pyridine rings is 1. The normalized spacial score (nSPS) is 24.3. The Balaban J connectivity index is 3.23. The molecule has 0 bridgehead atoms. The number of rotatable bonds is 2. The fourth-order valence-electron chi connectivity index (χ4n) is 0.522. The molecule has 0 amide bonds. The standard InChI is InChI=1S/C8H10BrN/c1-2-3-7-4-5-8(9)10-6-7/h4-6H,2-3H2,1H3/i1D3,2D2,3D2. The van der Waals surface area contributed by atoms with Gasteiger partial charge in [-0.15, -0.1) is 0 Å². The zero-order valence-electron chi connectivity index (χ0n) is 12.1. The molecule has 1 aromatic heterocycles. The van der Waals surface area contributed by atoms with E-state index in [0.717, 1.165) is 6.20 Å². The van der Waals surface area contributed by atoms with Gasteiger partial charge in [0, 0.05) is 15.8 Å². The molecule has 0 unspecified atom stereocenters. The van der Waals surface area contributed by atoms with Crippen LogP contribution in [0, 0.1) is 0 Å².